The zero-order valence-corrected chi connectivity index (χ0v) is 13.3. The van der Waals surface area contributed by atoms with Crippen molar-refractivity contribution < 1.29 is 23.9 Å². The molecule has 0 saturated heterocycles. The first-order chi connectivity index (χ1) is 11.4. The molecule has 1 heterocycles. The van der Waals surface area contributed by atoms with E-state index in [2.05, 4.69) is 0 Å². The molecule has 0 fully saturated rings. The van der Waals surface area contributed by atoms with E-state index in [9.17, 15) is 14.9 Å². The van der Waals surface area contributed by atoms with Crippen LogP contribution < -0.4 is 9.57 Å². The highest BCUT2D eigenvalue weighted by Crippen LogP contribution is 2.33. The lowest BCUT2D eigenvalue weighted by Crippen LogP contribution is -2.60. The van der Waals surface area contributed by atoms with Crippen LogP contribution in [0.1, 0.15) is 17.3 Å². The van der Waals surface area contributed by atoms with Crippen molar-refractivity contribution in [3.8, 4) is 11.5 Å². The van der Waals surface area contributed by atoms with Crippen LogP contribution in [0.5, 0.6) is 11.5 Å². The van der Waals surface area contributed by atoms with Gasteiger partial charge in [0.15, 0.2) is 6.04 Å². The van der Waals surface area contributed by atoms with Gasteiger partial charge in [-0.25, -0.2) is 0 Å². The third kappa shape index (κ3) is 2.69. The number of hydrogen-bond acceptors (Lipinski definition) is 5. The van der Waals surface area contributed by atoms with Gasteiger partial charge in [-0.15, -0.1) is 0 Å². The predicted molar refractivity (Wildman–Crippen MR) is 85.6 cm³/mol. The number of quaternary nitrogens is 1. The quantitative estimate of drug-likeness (QED) is 0.489. The van der Waals surface area contributed by atoms with Gasteiger partial charge in [0.1, 0.15) is 7.05 Å². The van der Waals surface area contributed by atoms with E-state index in [4.69, 9.17) is 9.57 Å². The van der Waals surface area contributed by atoms with Gasteiger partial charge in [0.25, 0.3) is 6.73 Å². The maximum absolute atomic E-state index is 12.6. The largest absolute Gasteiger partial charge is 0.434 e. The van der Waals surface area contributed by atoms with Crippen molar-refractivity contribution in [2.75, 3.05) is 13.8 Å². The van der Waals surface area contributed by atoms with E-state index in [1.165, 1.54) is 12.1 Å². The number of likely N-dealkylation sites (N-methyl/N-ethyl adjacent to an activating group) is 1. The molecule has 2 aromatic carbocycles. The number of carbonyl (C=O) groups is 1. The highest BCUT2D eigenvalue weighted by Gasteiger charge is 2.45. The molecule has 0 N–H and O–H groups in total. The fourth-order valence-corrected chi connectivity index (χ4v) is 2.59. The van der Waals surface area contributed by atoms with E-state index in [0.29, 0.717) is 11.3 Å². The molecular formula is C17H17N2O5+. The van der Waals surface area contributed by atoms with Gasteiger partial charge in [-0.1, -0.05) is 28.9 Å². The summed E-state index contributed by atoms with van der Waals surface area (Å²) >= 11 is 0. The Bertz CT molecular complexity index is 807. The average molecular weight is 329 g/mol. The molecule has 0 bridgehead atoms. The van der Waals surface area contributed by atoms with Crippen molar-refractivity contribution in [1.82, 2.24) is 0 Å². The van der Waals surface area contributed by atoms with Crippen LogP contribution in [0.2, 0.25) is 0 Å². The standard InChI is InChI=1S/C17H17N2O5/c1-12-17(20)13-7-3-5-9-15(13)24-19(12,2)11-23-16-10-6-4-8-14(16)18(21)22/h3-10,12H,11H2,1-2H3/q+1. The number of hydroxylamine groups is 3. The van der Waals surface area contributed by atoms with Crippen molar-refractivity contribution in [3.05, 3.63) is 64.2 Å². The summed E-state index contributed by atoms with van der Waals surface area (Å²) < 4.78 is 5.48. The lowest BCUT2D eigenvalue weighted by molar-refractivity contribution is -1.08. The fourth-order valence-electron chi connectivity index (χ4n) is 2.59. The lowest BCUT2D eigenvalue weighted by Gasteiger charge is -2.38. The minimum absolute atomic E-state index is 0.0356. The maximum atomic E-state index is 12.6. The zero-order chi connectivity index (χ0) is 17.3. The van der Waals surface area contributed by atoms with Gasteiger partial charge in [0.2, 0.25) is 17.3 Å². The molecule has 0 saturated carbocycles. The molecule has 7 nitrogen and oxygen atoms in total. The van der Waals surface area contributed by atoms with Crippen LogP contribution in [0.4, 0.5) is 5.69 Å². The Balaban J connectivity index is 1.85. The summed E-state index contributed by atoms with van der Waals surface area (Å²) in [6.07, 6.45) is 0. The van der Waals surface area contributed by atoms with Crippen molar-refractivity contribution in [2.45, 2.75) is 13.0 Å². The van der Waals surface area contributed by atoms with E-state index in [-0.39, 0.29) is 28.6 Å². The molecule has 0 amide bonds. The molecule has 0 aromatic heterocycles. The third-order valence-electron chi connectivity index (χ3n) is 4.20. The van der Waals surface area contributed by atoms with Crippen LogP contribution in [0.25, 0.3) is 0 Å². The van der Waals surface area contributed by atoms with Gasteiger partial charge >= 0.3 is 5.69 Å². The summed E-state index contributed by atoms with van der Waals surface area (Å²) in [5.41, 5.74) is 0.409. The summed E-state index contributed by atoms with van der Waals surface area (Å²) in [7, 11) is 1.72. The SMILES string of the molecule is CC1C(=O)c2ccccc2O[N+]1(C)COc1ccccc1[N+](=O)[O-]. The summed E-state index contributed by atoms with van der Waals surface area (Å²) in [5, 5.41) is 11.1. The number of nitro groups is 1. The molecule has 0 radical (unpaired) electrons. The van der Waals surface area contributed by atoms with Crippen molar-refractivity contribution in [2.24, 2.45) is 0 Å². The van der Waals surface area contributed by atoms with Gasteiger partial charge in [-0.3, -0.25) is 14.9 Å². The van der Waals surface area contributed by atoms with Crippen LogP contribution in [0, 0.1) is 10.1 Å². The number of ketones is 1. The third-order valence-corrected chi connectivity index (χ3v) is 4.20. The fraction of sp³-hybridized carbons (Fsp3) is 0.235. The van der Waals surface area contributed by atoms with E-state index in [1.54, 1.807) is 50.4 Å². The van der Waals surface area contributed by atoms with Gasteiger partial charge in [0.05, 0.1) is 10.5 Å². The molecule has 0 spiro atoms. The van der Waals surface area contributed by atoms with Crippen LogP contribution in [-0.2, 0) is 0 Å². The summed E-state index contributed by atoms with van der Waals surface area (Å²) in [6, 6.07) is 12.6. The van der Waals surface area contributed by atoms with Crippen LogP contribution >= 0.6 is 0 Å². The normalized spacial score (nSPS) is 22.4. The number of hydrogen-bond donors (Lipinski definition) is 0. The molecule has 7 heteroatoms. The van der Waals surface area contributed by atoms with Gasteiger partial charge < -0.3 is 9.57 Å². The van der Waals surface area contributed by atoms with Crippen LogP contribution in [-0.4, -0.2) is 35.2 Å². The number of carbonyl (C=O) groups excluding carboxylic acids is 1. The number of para-hydroxylation sites is 3. The Morgan fingerprint density at radius 1 is 1.21 bits per heavy atom. The smallest absolute Gasteiger partial charge is 0.311 e. The number of rotatable bonds is 4. The first-order valence-corrected chi connectivity index (χ1v) is 7.46. The number of ether oxygens (including phenoxy) is 1. The van der Waals surface area contributed by atoms with Crippen molar-refractivity contribution >= 4 is 11.5 Å². The maximum Gasteiger partial charge on any atom is 0.311 e. The van der Waals surface area contributed by atoms with Crippen molar-refractivity contribution in [1.29, 1.82) is 0 Å². The Morgan fingerprint density at radius 2 is 1.88 bits per heavy atom. The molecule has 2 atom stereocenters. The molecular weight excluding hydrogens is 312 g/mol. The van der Waals surface area contributed by atoms with Crippen molar-refractivity contribution in [3.63, 3.8) is 0 Å². The molecule has 2 aromatic rings. The molecule has 24 heavy (non-hydrogen) atoms. The predicted octanol–water partition coefficient (Wildman–Crippen LogP) is 2.96. The number of benzene rings is 2. The Hall–Kier alpha value is -2.93. The molecule has 2 unspecified atom stereocenters. The summed E-state index contributed by atoms with van der Waals surface area (Å²) in [5.74, 6) is 0.573. The molecule has 0 aliphatic carbocycles. The Labute approximate surface area is 138 Å². The van der Waals surface area contributed by atoms with E-state index >= 15 is 0 Å². The number of fused-ring (bicyclic) bond motifs is 1. The van der Waals surface area contributed by atoms with E-state index in [1.807, 2.05) is 0 Å². The highest BCUT2D eigenvalue weighted by molar-refractivity contribution is 6.02. The van der Waals surface area contributed by atoms with Gasteiger partial charge in [0, 0.05) is 6.07 Å². The van der Waals surface area contributed by atoms with Crippen LogP contribution in [0.3, 0.4) is 0 Å². The minimum Gasteiger partial charge on any atom is -0.434 e. The summed E-state index contributed by atoms with van der Waals surface area (Å²) in [4.78, 5) is 29.1. The van der Waals surface area contributed by atoms with E-state index in [0.717, 1.165) is 0 Å². The van der Waals surface area contributed by atoms with Crippen LogP contribution in [0.15, 0.2) is 48.5 Å². The second kappa shape index (κ2) is 5.93. The zero-order valence-electron chi connectivity index (χ0n) is 13.3. The molecule has 124 valence electrons. The van der Waals surface area contributed by atoms with Gasteiger partial charge in [-0.2, -0.15) is 0 Å². The molecule has 3 rings (SSSR count). The summed E-state index contributed by atoms with van der Waals surface area (Å²) in [6.45, 7) is 1.72. The number of nitrogens with zero attached hydrogens (tertiary/aromatic N) is 2. The Morgan fingerprint density at radius 3 is 2.62 bits per heavy atom. The first kappa shape index (κ1) is 15.9. The molecule has 1 aliphatic rings. The first-order valence-electron chi connectivity index (χ1n) is 7.46. The number of Topliss-reactive ketones (excluding diaryl/α,β-unsaturated/α-hetero) is 1. The van der Waals surface area contributed by atoms with Gasteiger partial charge in [-0.05, 0) is 25.1 Å². The second-order valence-corrected chi connectivity index (χ2v) is 5.80. The topological polar surface area (TPSA) is 78.7 Å². The Kier molecular flexibility index (Phi) is 3.94. The average Bonchev–Trinajstić information content (AvgIpc) is 2.58. The molecule has 1 aliphatic heterocycles. The highest BCUT2D eigenvalue weighted by atomic mass is 16.7. The number of nitro benzene ring substituents is 1. The minimum atomic E-state index is -0.504. The van der Waals surface area contributed by atoms with E-state index < -0.39 is 11.0 Å². The monoisotopic (exact) mass is 329 g/mol. The lowest BCUT2D eigenvalue weighted by atomic mass is 10.0. The second-order valence-electron chi connectivity index (χ2n) is 5.80.